The second-order valence-corrected chi connectivity index (χ2v) is 15.7. The molecule has 0 unspecified atom stereocenters. The number of anilines is 3. The van der Waals surface area contributed by atoms with Crippen LogP contribution >= 0.6 is 0 Å². The molecule has 2 aromatic heterocycles. The lowest BCUT2D eigenvalue weighted by Gasteiger charge is -2.39. The first-order valence-electron chi connectivity index (χ1n) is 11.6. The van der Waals surface area contributed by atoms with Crippen molar-refractivity contribution in [3.8, 4) is 17.3 Å². The summed E-state index contributed by atoms with van der Waals surface area (Å²) in [6.45, 7) is 14.3. The van der Waals surface area contributed by atoms with E-state index in [0.717, 1.165) is 17.4 Å². The molecule has 4 rings (SSSR count). The minimum atomic E-state index is -1.98. The summed E-state index contributed by atoms with van der Waals surface area (Å²) in [5, 5.41) is 20.6. The van der Waals surface area contributed by atoms with Crippen molar-refractivity contribution in [3.63, 3.8) is 0 Å². The van der Waals surface area contributed by atoms with Gasteiger partial charge in [0.15, 0.2) is 20.0 Å². The number of nitrogens with one attached hydrogen (secondary N) is 2. The number of benzene rings is 1. The van der Waals surface area contributed by atoms with E-state index in [0.29, 0.717) is 30.1 Å². The maximum atomic E-state index is 14.9. The van der Waals surface area contributed by atoms with Crippen LogP contribution in [-0.4, -0.2) is 41.2 Å². The summed E-state index contributed by atoms with van der Waals surface area (Å²) in [5.74, 6) is 0.211. The number of nitrogens with zero attached hydrogens (tertiary/aromatic N) is 5. The minimum absolute atomic E-state index is 0.0823. The van der Waals surface area contributed by atoms with Crippen molar-refractivity contribution in [2.24, 2.45) is 7.05 Å². The predicted molar refractivity (Wildman–Crippen MR) is 138 cm³/mol. The number of fused-ring (bicyclic) bond motifs is 1. The molecule has 1 atom stereocenters. The Morgan fingerprint density at radius 2 is 2.09 bits per heavy atom. The van der Waals surface area contributed by atoms with Crippen LogP contribution in [0.25, 0.3) is 11.3 Å². The van der Waals surface area contributed by atoms with Crippen LogP contribution in [0.15, 0.2) is 30.6 Å². The van der Waals surface area contributed by atoms with Gasteiger partial charge in [-0.1, -0.05) is 27.7 Å². The van der Waals surface area contributed by atoms with E-state index in [1.165, 1.54) is 0 Å². The van der Waals surface area contributed by atoms with Gasteiger partial charge in [0.25, 0.3) is 0 Å². The quantitative estimate of drug-likeness (QED) is 0.447. The van der Waals surface area contributed by atoms with Crippen molar-refractivity contribution in [2.45, 2.75) is 51.2 Å². The third-order valence-corrected chi connectivity index (χ3v) is 11.6. The fourth-order valence-corrected chi connectivity index (χ4v) is 4.94. The van der Waals surface area contributed by atoms with Gasteiger partial charge in [-0.3, -0.25) is 4.68 Å². The molecule has 0 spiro atoms. The van der Waals surface area contributed by atoms with E-state index < -0.39 is 14.1 Å². The Kier molecular flexibility index (Phi) is 6.19. The van der Waals surface area contributed by atoms with Crippen LogP contribution in [0.2, 0.25) is 18.1 Å². The van der Waals surface area contributed by atoms with Gasteiger partial charge in [0.2, 0.25) is 5.95 Å². The Morgan fingerprint density at radius 3 is 2.71 bits per heavy atom. The van der Waals surface area contributed by atoms with E-state index in [1.54, 1.807) is 30.1 Å². The lowest BCUT2D eigenvalue weighted by atomic mass is 9.83. The lowest BCUT2D eigenvalue weighted by Crippen LogP contribution is -2.45. The van der Waals surface area contributed by atoms with Crippen molar-refractivity contribution in [1.82, 2.24) is 19.7 Å². The van der Waals surface area contributed by atoms with E-state index in [9.17, 15) is 9.65 Å². The summed E-state index contributed by atoms with van der Waals surface area (Å²) in [5.41, 5.74) is 2.43. The SMILES string of the molecule is Cn1ccc(Nc2ncc(F)c(-c3cc(C#N)c4c(c3)[C@@](C)(CO[Si](C)(C)C(C)(C)C)CN4)n2)n1. The first-order valence-corrected chi connectivity index (χ1v) is 14.5. The highest BCUT2D eigenvalue weighted by Crippen LogP contribution is 2.44. The van der Waals surface area contributed by atoms with E-state index in [-0.39, 0.29) is 22.1 Å². The van der Waals surface area contributed by atoms with Crippen molar-refractivity contribution in [1.29, 1.82) is 5.26 Å². The van der Waals surface area contributed by atoms with Gasteiger partial charge in [-0.05, 0) is 35.8 Å². The van der Waals surface area contributed by atoms with Gasteiger partial charge in [-0.2, -0.15) is 10.4 Å². The highest BCUT2D eigenvalue weighted by molar-refractivity contribution is 6.74. The molecule has 1 aliphatic rings. The number of halogens is 1. The molecule has 3 heterocycles. The van der Waals surface area contributed by atoms with Gasteiger partial charge in [0.05, 0.1) is 17.4 Å². The largest absolute Gasteiger partial charge is 0.416 e. The second-order valence-electron chi connectivity index (χ2n) is 10.9. The van der Waals surface area contributed by atoms with Crippen molar-refractivity contribution < 1.29 is 8.82 Å². The topological polar surface area (TPSA) is 101 Å². The Morgan fingerprint density at radius 1 is 1.34 bits per heavy atom. The Balaban J connectivity index is 1.71. The van der Waals surface area contributed by atoms with Crippen LogP contribution in [-0.2, 0) is 16.9 Å². The molecule has 8 nitrogen and oxygen atoms in total. The highest BCUT2D eigenvalue weighted by Gasteiger charge is 2.42. The van der Waals surface area contributed by atoms with Crippen LogP contribution in [0, 0.1) is 17.1 Å². The van der Waals surface area contributed by atoms with Crippen molar-refractivity contribution in [2.75, 3.05) is 23.8 Å². The molecular formula is C25H32FN7OSi. The first kappa shape index (κ1) is 24.8. The normalized spacial score (nSPS) is 17.6. The smallest absolute Gasteiger partial charge is 0.229 e. The van der Waals surface area contributed by atoms with Crippen LogP contribution in [0.4, 0.5) is 21.8 Å². The van der Waals surface area contributed by atoms with Gasteiger partial charge in [0, 0.05) is 43.4 Å². The molecule has 3 aromatic rings. The third-order valence-electron chi connectivity index (χ3n) is 7.09. The highest BCUT2D eigenvalue weighted by atomic mass is 28.4. The van der Waals surface area contributed by atoms with E-state index in [2.05, 4.69) is 72.6 Å². The predicted octanol–water partition coefficient (Wildman–Crippen LogP) is 5.34. The number of aryl methyl sites for hydroxylation is 1. The van der Waals surface area contributed by atoms with Crippen molar-refractivity contribution >= 4 is 25.8 Å². The summed E-state index contributed by atoms with van der Waals surface area (Å²) in [4.78, 5) is 8.47. The molecule has 184 valence electrons. The summed E-state index contributed by atoms with van der Waals surface area (Å²) in [6, 6.07) is 7.62. The minimum Gasteiger partial charge on any atom is -0.416 e. The van der Waals surface area contributed by atoms with E-state index in [1.807, 2.05) is 6.07 Å². The van der Waals surface area contributed by atoms with Crippen LogP contribution < -0.4 is 10.6 Å². The maximum Gasteiger partial charge on any atom is 0.229 e. The molecule has 0 fully saturated rings. The summed E-state index contributed by atoms with van der Waals surface area (Å²) < 4.78 is 23.1. The maximum absolute atomic E-state index is 14.9. The zero-order valence-electron chi connectivity index (χ0n) is 21.3. The molecular weight excluding hydrogens is 461 g/mol. The van der Waals surface area contributed by atoms with Crippen LogP contribution in [0.5, 0.6) is 0 Å². The molecule has 0 saturated heterocycles. The molecule has 1 aliphatic heterocycles. The zero-order chi connectivity index (χ0) is 25.6. The Hall–Kier alpha value is -3.29. The first-order chi connectivity index (χ1) is 16.3. The van der Waals surface area contributed by atoms with Crippen LogP contribution in [0.1, 0.15) is 38.8 Å². The van der Waals surface area contributed by atoms with Crippen molar-refractivity contribution in [3.05, 3.63) is 47.5 Å². The standard InChI is InChI=1S/C25H32FN7OSi/c1-24(2,3)35(6,7)34-15-25(4)14-29-21-17(12-27)10-16(11-18(21)25)22-19(26)13-28-23(31-22)30-20-8-9-33(5)32-20/h8-11,13,29H,14-15H2,1-7H3,(H,28,30,31,32)/t25-/m1/s1. The molecule has 1 aromatic carbocycles. The molecule has 0 amide bonds. The van der Waals surface area contributed by atoms with Gasteiger partial charge in [-0.25, -0.2) is 14.4 Å². The van der Waals surface area contributed by atoms with Gasteiger partial charge in [0.1, 0.15) is 11.8 Å². The Bertz CT molecular complexity index is 1310. The molecule has 0 radical (unpaired) electrons. The summed E-state index contributed by atoms with van der Waals surface area (Å²) >= 11 is 0. The average Bonchev–Trinajstić information content (AvgIpc) is 3.35. The van der Waals surface area contributed by atoms with E-state index >= 15 is 0 Å². The summed E-state index contributed by atoms with van der Waals surface area (Å²) in [7, 11) is -0.180. The third kappa shape index (κ3) is 4.79. The number of hydrogen-bond donors (Lipinski definition) is 2. The number of rotatable bonds is 6. The molecule has 35 heavy (non-hydrogen) atoms. The fourth-order valence-electron chi connectivity index (χ4n) is 3.82. The van der Waals surface area contributed by atoms with Gasteiger partial charge in [-0.15, -0.1) is 0 Å². The molecule has 10 heteroatoms. The zero-order valence-corrected chi connectivity index (χ0v) is 22.3. The second kappa shape index (κ2) is 8.73. The fraction of sp³-hybridized carbons (Fsp3) is 0.440. The molecule has 0 bridgehead atoms. The number of hydrogen-bond acceptors (Lipinski definition) is 7. The lowest BCUT2D eigenvalue weighted by molar-refractivity contribution is 0.220. The average molecular weight is 494 g/mol. The summed E-state index contributed by atoms with van der Waals surface area (Å²) in [6.07, 6.45) is 2.91. The van der Waals surface area contributed by atoms with E-state index in [4.69, 9.17) is 4.43 Å². The molecule has 0 saturated carbocycles. The Labute approximate surface area is 206 Å². The number of nitriles is 1. The van der Waals surface area contributed by atoms with Crippen LogP contribution in [0.3, 0.4) is 0 Å². The van der Waals surface area contributed by atoms with Gasteiger partial charge < -0.3 is 15.1 Å². The molecule has 2 N–H and O–H groups in total. The molecule has 0 aliphatic carbocycles. The number of aromatic nitrogens is 4. The van der Waals surface area contributed by atoms with Gasteiger partial charge >= 0.3 is 0 Å². The monoisotopic (exact) mass is 493 g/mol.